The van der Waals surface area contributed by atoms with E-state index in [-0.39, 0.29) is 5.78 Å². The molecule has 0 N–H and O–H groups in total. The number of hydrogen-bond acceptors (Lipinski definition) is 2. The highest BCUT2D eigenvalue weighted by atomic mass is 79.9. The van der Waals surface area contributed by atoms with Gasteiger partial charge in [-0.15, -0.1) is 0 Å². The molecule has 0 saturated heterocycles. The summed E-state index contributed by atoms with van der Waals surface area (Å²) in [4.78, 5) is 12.2. The summed E-state index contributed by atoms with van der Waals surface area (Å²) in [5.41, 5.74) is 1.64. The Morgan fingerprint density at radius 1 is 1.09 bits per heavy atom. The summed E-state index contributed by atoms with van der Waals surface area (Å²) >= 11 is 6.81. The fourth-order valence-corrected chi connectivity index (χ4v) is 2.79. The van der Waals surface area contributed by atoms with Gasteiger partial charge in [0.05, 0.1) is 6.61 Å². The van der Waals surface area contributed by atoms with Gasteiger partial charge in [-0.25, -0.2) is 0 Å². The Morgan fingerprint density at radius 3 is 2.57 bits per heavy atom. The van der Waals surface area contributed by atoms with Crippen molar-refractivity contribution >= 4 is 43.7 Å². The summed E-state index contributed by atoms with van der Waals surface area (Å²) in [5.74, 6) is 0.780. The zero-order chi connectivity index (χ0) is 16.5. The third kappa shape index (κ3) is 6.32. The lowest BCUT2D eigenvalue weighted by Crippen LogP contribution is -1.99. The van der Waals surface area contributed by atoms with E-state index in [2.05, 4.69) is 31.9 Å². The molecule has 0 aromatic heterocycles. The summed E-state index contributed by atoms with van der Waals surface area (Å²) < 4.78 is 6.62. The Kier molecular flexibility index (Phi) is 7.56. The Labute approximate surface area is 153 Å². The van der Waals surface area contributed by atoms with Gasteiger partial charge in [-0.3, -0.25) is 4.79 Å². The number of alkyl halides is 1. The number of carbonyl (C=O) groups is 1. The zero-order valence-corrected chi connectivity index (χ0v) is 15.8. The molecule has 120 valence electrons. The van der Waals surface area contributed by atoms with Crippen molar-refractivity contribution in [3.8, 4) is 5.75 Å². The highest BCUT2D eigenvalue weighted by Crippen LogP contribution is 2.15. The first-order chi connectivity index (χ1) is 11.2. The van der Waals surface area contributed by atoms with Crippen LogP contribution in [0.3, 0.4) is 0 Å². The predicted octanol–water partition coefficient (Wildman–Crippen LogP) is 5.90. The molecule has 2 nitrogen and oxygen atoms in total. The summed E-state index contributed by atoms with van der Waals surface area (Å²) in [7, 11) is 0. The van der Waals surface area contributed by atoms with E-state index in [1.807, 2.05) is 42.5 Å². The number of unbranched alkanes of at least 4 members (excludes halogenated alkanes) is 1. The molecule has 0 aliphatic heterocycles. The van der Waals surface area contributed by atoms with Crippen LogP contribution in [0, 0.1) is 0 Å². The van der Waals surface area contributed by atoms with E-state index >= 15 is 0 Å². The van der Waals surface area contributed by atoms with Crippen LogP contribution in [0.5, 0.6) is 5.75 Å². The van der Waals surface area contributed by atoms with Gasteiger partial charge in [-0.1, -0.05) is 50.1 Å². The largest absolute Gasteiger partial charge is 0.494 e. The molecule has 2 rings (SSSR count). The maximum atomic E-state index is 12.2. The standard InChI is InChI=1S/C19H18Br2O2/c20-12-1-2-13-23-18-9-7-16(8-10-18)19(22)11-6-15-4-3-5-17(21)14-15/h3-11,14H,1-2,12-13H2. The fraction of sp³-hybridized carbons (Fsp3) is 0.211. The molecule has 2 aromatic rings. The van der Waals surface area contributed by atoms with Crippen LogP contribution in [0.1, 0.15) is 28.8 Å². The van der Waals surface area contributed by atoms with E-state index < -0.39 is 0 Å². The van der Waals surface area contributed by atoms with E-state index in [1.165, 1.54) is 0 Å². The number of allylic oxidation sites excluding steroid dienone is 1. The van der Waals surface area contributed by atoms with E-state index in [9.17, 15) is 4.79 Å². The molecular formula is C19H18Br2O2. The van der Waals surface area contributed by atoms with Crippen molar-refractivity contribution in [2.45, 2.75) is 12.8 Å². The van der Waals surface area contributed by atoms with Crippen molar-refractivity contribution < 1.29 is 9.53 Å². The number of ether oxygens (including phenoxy) is 1. The molecular weight excluding hydrogens is 420 g/mol. The number of rotatable bonds is 8. The van der Waals surface area contributed by atoms with Crippen LogP contribution in [0.2, 0.25) is 0 Å². The quantitative estimate of drug-likeness (QED) is 0.222. The van der Waals surface area contributed by atoms with E-state index in [1.54, 1.807) is 18.2 Å². The topological polar surface area (TPSA) is 26.3 Å². The van der Waals surface area contributed by atoms with Crippen LogP contribution in [-0.2, 0) is 0 Å². The van der Waals surface area contributed by atoms with Crippen LogP contribution in [-0.4, -0.2) is 17.7 Å². The molecule has 0 saturated carbocycles. The second-order valence-corrected chi connectivity index (χ2v) is 6.73. The van der Waals surface area contributed by atoms with Crippen LogP contribution >= 0.6 is 31.9 Å². The summed E-state index contributed by atoms with van der Waals surface area (Å²) in [6.07, 6.45) is 5.52. The highest BCUT2D eigenvalue weighted by Gasteiger charge is 2.02. The number of hydrogen-bond donors (Lipinski definition) is 0. The molecule has 0 radical (unpaired) electrons. The maximum absolute atomic E-state index is 12.2. The monoisotopic (exact) mass is 436 g/mol. The van der Waals surface area contributed by atoms with Gasteiger partial charge in [0.1, 0.15) is 5.75 Å². The maximum Gasteiger partial charge on any atom is 0.185 e. The predicted molar refractivity (Wildman–Crippen MR) is 102 cm³/mol. The molecule has 0 bridgehead atoms. The molecule has 0 fully saturated rings. The summed E-state index contributed by atoms with van der Waals surface area (Å²) in [6, 6.07) is 15.1. The highest BCUT2D eigenvalue weighted by molar-refractivity contribution is 9.10. The normalized spacial score (nSPS) is 10.9. The lowest BCUT2D eigenvalue weighted by atomic mass is 10.1. The van der Waals surface area contributed by atoms with Crippen molar-refractivity contribution in [1.82, 2.24) is 0 Å². The Morgan fingerprint density at radius 2 is 1.87 bits per heavy atom. The molecule has 2 aromatic carbocycles. The van der Waals surface area contributed by atoms with Gasteiger partial charge < -0.3 is 4.74 Å². The third-order valence-corrected chi connectivity index (χ3v) is 4.27. The molecule has 0 unspecified atom stereocenters. The first-order valence-electron chi connectivity index (χ1n) is 7.46. The van der Waals surface area contributed by atoms with Crippen LogP contribution in [0.15, 0.2) is 59.1 Å². The van der Waals surface area contributed by atoms with E-state index in [4.69, 9.17) is 4.74 Å². The average molecular weight is 438 g/mol. The zero-order valence-electron chi connectivity index (χ0n) is 12.7. The van der Waals surface area contributed by atoms with Gasteiger partial charge in [-0.05, 0) is 60.9 Å². The van der Waals surface area contributed by atoms with Gasteiger partial charge in [-0.2, -0.15) is 0 Å². The van der Waals surface area contributed by atoms with E-state index in [0.717, 1.165) is 34.0 Å². The van der Waals surface area contributed by atoms with Crippen LogP contribution in [0.25, 0.3) is 6.08 Å². The molecule has 0 aliphatic carbocycles. The Hall–Kier alpha value is -1.39. The molecule has 0 heterocycles. The number of benzene rings is 2. The number of ketones is 1. The van der Waals surface area contributed by atoms with Crippen molar-refractivity contribution in [1.29, 1.82) is 0 Å². The van der Waals surface area contributed by atoms with Crippen LogP contribution < -0.4 is 4.74 Å². The molecule has 23 heavy (non-hydrogen) atoms. The number of halogens is 2. The van der Waals surface area contributed by atoms with Crippen molar-refractivity contribution in [2.75, 3.05) is 11.9 Å². The van der Waals surface area contributed by atoms with Crippen LogP contribution in [0.4, 0.5) is 0 Å². The molecule has 4 heteroatoms. The minimum absolute atomic E-state index is 0.0178. The first kappa shape index (κ1) is 18.0. The Balaban J connectivity index is 1.92. The van der Waals surface area contributed by atoms with Gasteiger partial charge in [0.25, 0.3) is 0 Å². The number of carbonyl (C=O) groups excluding carboxylic acids is 1. The average Bonchev–Trinajstić information content (AvgIpc) is 2.57. The SMILES string of the molecule is O=C(C=Cc1cccc(Br)c1)c1ccc(OCCCCBr)cc1. The lowest BCUT2D eigenvalue weighted by molar-refractivity contribution is 0.104. The molecule has 0 atom stereocenters. The van der Waals surface area contributed by atoms with Gasteiger partial charge in [0, 0.05) is 15.4 Å². The Bertz CT molecular complexity index is 663. The van der Waals surface area contributed by atoms with Crippen molar-refractivity contribution in [2.24, 2.45) is 0 Å². The van der Waals surface area contributed by atoms with Crippen molar-refractivity contribution in [3.63, 3.8) is 0 Å². The molecule has 0 spiro atoms. The molecule has 0 aliphatic rings. The van der Waals surface area contributed by atoms with Crippen molar-refractivity contribution in [3.05, 3.63) is 70.2 Å². The van der Waals surface area contributed by atoms with Gasteiger partial charge in [0.2, 0.25) is 0 Å². The minimum Gasteiger partial charge on any atom is -0.494 e. The second kappa shape index (κ2) is 9.68. The second-order valence-electron chi connectivity index (χ2n) is 5.02. The fourth-order valence-electron chi connectivity index (χ4n) is 1.98. The smallest absolute Gasteiger partial charge is 0.185 e. The van der Waals surface area contributed by atoms with E-state index in [0.29, 0.717) is 12.2 Å². The minimum atomic E-state index is -0.0178. The molecule has 0 amide bonds. The lowest BCUT2D eigenvalue weighted by Gasteiger charge is -2.05. The van der Waals surface area contributed by atoms with Gasteiger partial charge in [0.15, 0.2) is 5.78 Å². The van der Waals surface area contributed by atoms with Gasteiger partial charge >= 0.3 is 0 Å². The third-order valence-electron chi connectivity index (χ3n) is 3.21. The first-order valence-corrected chi connectivity index (χ1v) is 9.37. The summed E-state index contributed by atoms with van der Waals surface area (Å²) in [6.45, 7) is 0.696. The summed E-state index contributed by atoms with van der Waals surface area (Å²) in [5, 5.41) is 0.994.